The monoisotopic (exact) mass is 229 g/mol. The maximum Gasteiger partial charge on any atom is 0.249 e. The number of benzene rings is 1. The predicted molar refractivity (Wildman–Crippen MR) is 58.0 cm³/mol. The summed E-state index contributed by atoms with van der Waals surface area (Å²) >= 11 is 11.8. The highest BCUT2D eigenvalue weighted by molar-refractivity contribution is 6.35. The van der Waals surface area contributed by atoms with Crippen LogP contribution in [0.25, 0.3) is 4.85 Å². The third kappa shape index (κ3) is 2.12. The molecule has 1 rings (SSSR count). The second-order valence-corrected chi connectivity index (χ2v) is 3.66. The molecule has 0 amide bonds. The molecule has 1 unspecified atom stereocenters. The molecule has 1 aromatic rings. The second-order valence-electron chi connectivity index (χ2n) is 2.82. The number of methoxy groups -OCH3 is 1. The van der Waals surface area contributed by atoms with Crippen LogP contribution < -0.4 is 4.74 Å². The number of rotatable bonds is 2. The van der Waals surface area contributed by atoms with Crippen LogP contribution in [-0.4, -0.2) is 7.11 Å². The van der Waals surface area contributed by atoms with Crippen molar-refractivity contribution >= 4 is 23.2 Å². The Bertz CT molecular complexity index is 384. The molecule has 0 radical (unpaired) electrons. The highest BCUT2D eigenvalue weighted by Crippen LogP contribution is 2.36. The fraction of sp³-hybridized carbons (Fsp3) is 0.300. The van der Waals surface area contributed by atoms with Gasteiger partial charge in [0.05, 0.1) is 17.7 Å². The summed E-state index contributed by atoms with van der Waals surface area (Å²) in [5.41, 5.74) is 0.722. The molecule has 2 nitrogen and oxygen atoms in total. The summed E-state index contributed by atoms with van der Waals surface area (Å²) < 4.78 is 5.12. The van der Waals surface area contributed by atoms with E-state index in [1.165, 1.54) is 7.11 Å². The van der Waals surface area contributed by atoms with E-state index >= 15 is 0 Å². The van der Waals surface area contributed by atoms with Crippen LogP contribution in [0.4, 0.5) is 0 Å². The zero-order valence-electron chi connectivity index (χ0n) is 7.84. The van der Waals surface area contributed by atoms with Gasteiger partial charge < -0.3 is 9.58 Å². The zero-order chi connectivity index (χ0) is 10.7. The van der Waals surface area contributed by atoms with Crippen molar-refractivity contribution in [3.8, 4) is 5.75 Å². The Morgan fingerprint density at radius 3 is 2.57 bits per heavy atom. The van der Waals surface area contributed by atoms with E-state index in [0.29, 0.717) is 15.8 Å². The topological polar surface area (TPSA) is 13.6 Å². The Morgan fingerprint density at radius 2 is 2.07 bits per heavy atom. The van der Waals surface area contributed by atoms with Crippen LogP contribution in [0.5, 0.6) is 5.75 Å². The van der Waals surface area contributed by atoms with Crippen molar-refractivity contribution in [2.45, 2.75) is 13.0 Å². The van der Waals surface area contributed by atoms with Crippen LogP contribution in [0.15, 0.2) is 12.1 Å². The molecule has 0 bridgehead atoms. The molecule has 0 aliphatic carbocycles. The van der Waals surface area contributed by atoms with Gasteiger partial charge in [0.1, 0.15) is 5.75 Å². The van der Waals surface area contributed by atoms with Gasteiger partial charge in [0.25, 0.3) is 0 Å². The smallest absolute Gasteiger partial charge is 0.249 e. The lowest BCUT2D eigenvalue weighted by molar-refractivity contribution is 0.409. The molecule has 0 heterocycles. The lowest BCUT2D eigenvalue weighted by Crippen LogP contribution is -1.95. The molecule has 0 spiro atoms. The lowest BCUT2D eigenvalue weighted by atomic mass is 10.1. The largest absolute Gasteiger partial charge is 0.495 e. The maximum atomic E-state index is 6.94. The summed E-state index contributed by atoms with van der Waals surface area (Å²) in [6.07, 6.45) is 0. The summed E-state index contributed by atoms with van der Waals surface area (Å²) in [6.45, 7) is 8.72. The predicted octanol–water partition coefficient (Wildman–Crippen LogP) is 3.98. The van der Waals surface area contributed by atoms with Crippen molar-refractivity contribution in [1.82, 2.24) is 0 Å². The van der Waals surface area contributed by atoms with Crippen LogP contribution in [-0.2, 0) is 0 Å². The van der Waals surface area contributed by atoms with Gasteiger partial charge in [-0.1, -0.05) is 23.2 Å². The van der Waals surface area contributed by atoms with E-state index in [2.05, 4.69) is 4.85 Å². The third-order valence-electron chi connectivity index (χ3n) is 1.88. The Kier molecular flexibility index (Phi) is 3.62. The van der Waals surface area contributed by atoms with Crippen LogP contribution in [0, 0.1) is 6.57 Å². The second kappa shape index (κ2) is 4.54. The van der Waals surface area contributed by atoms with E-state index in [9.17, 15) is 0 Å². The molecule has 14 heavy (non-hydrogen) atoms. The molecule has 74 valence electrons. The van der Waals surface area contributed by atoms with E-state index in [1.807, 2.05) is 0 Å². The van der Waals surface area contributed by atoms with Gasteiger partial charge in [0, 0.05) is 11.9 Å². The Hall–Kier alpha value is -0.910. The van der Waals surface area contributed by atoms with Gasteiger partial charge in [-0.15, -0.1) is 0 Å². The van der Waals surface area contributed by atoms with Crippen molar-refractivity contribution in [2.24, 2.45) is 0 Å². The van der Waals surface area contributed by atoms with Gasteiger partial charge in [-0.2, -0.15) is 0 Å². The van der Waals surface area contributed by atoms with E-state index in [1.54, 1.807) is 19.1 Å². The summed E-state index contributed by atoms with van der Waals surface area (Å²) in [5.74, 6) is 0.527. The van der Waals surface area contributed by atoms with E-state index < -0.39 is 0 Å². The molecule has 0 fully saturated rings. The first-order valence-electron chi connectivity index (χ1n) is 3.99. The van der Waals surface area contributed by atoms with Gasteiger partial charge >= 0.3 is 0 Å². The fourth-order valence-electron chi connectivity index (χ4n) is 1.18. The van der Waals surface area contributed by atoms with Crippen molar-refractivity contribution in [3.05, 3.63) is 39.2 Å². The first-order chi connectivity index (χ1) is 6.60. The van der Waals surface area contributed by atoms with Crippen LogP contribution in [0.3, 0.4) is 0 Å². The quantitative estimate of drug-likeness (QED) is 0.700. The van der Waals surface area contributed by atoms with Crippen LogP contribution in [0.2, 0.25) is 10.0 Å². The number of nitrogens with zero attached hydrogens (tertiary/aromatic N) is 1. The molecule has 4 heteroatoms. The SMILES string of the molecule is [C-]#[N+]C(C)c1cc(Cl)cc(Cl)c1OC. The number of hydrogen-bond acceptors (Lipinski definition) is 1. The van der Waals surface area contributed by atoms with Crippen molar-refractivity contribution in [1.29, 1.82) is 0 Å². The first-order valence-corrected chi connectivity index (χ1v) is 4.75. The van der Waals surface area contributed by atoms with E-state index in [0.717, 1.165) is 5.56 Å². The molecule has 1 aromatic carbocycles. The first kappa shape index (κ1) is 11.2. The van der Waals surface area contributed by atoms with Crippen LogP contribution >= 0.6 is 23.2 Å². The summed E-state index contributed by atoms with van der Waals surface area (Å²) in [6, 6.07) is 3.00. The minimum atomic E-state index is -0.304. The number of hydrogen-bond donors (Lipinski definition) is 0. The highest BCUT2D eigenvalue weighted by Gasteiger charge is 2.18. The summed E-state index contributed by atoms with van der Waals surface area (Å²) in [7, 11) is 1.52. The minimum absolute atomic E-state index is 0.304. The zero-order valence-corrected chi connectivity index (χ0v) is 9.36. The molecule has 0 aliphatic rings. The molecule has 0 aliphatic heterocycles. The van der Waals surface area contributed by atoms with Gasteiger partial charge in [-0.05, 0) is 12.1 Å². The molecular weight excluding hydrogens is 221 g/mol. The normalized spacial score (nSPS) is 11.9. The van der Waals surface area contributed by atoms with Crippen molar-refractivity contribution in [2.75, 3.05) is 7.11 Å². The maximum absolute atomic E-state index is 6.94. The Labute approximate surface area is 93.2 Å². The Morgan fingerprint density at radius 1 is 1.43 bits per heavy atom. The average Bonchev–Trinajstić information content (AvgIpc) is 2.15. The van der Waals surface area contributed by atoms with Gasteiger partial charge in [-0.3, -0.25) is 0 Å². The molecular formula is C10H9Cl2NO. The molecule has 0 aromatic heterocycles. The summed E-state index contributed by atoms with van der Waals surface area (Å²) in [5, 5.41) is 0.951. The Balaban J connectivity index is 3.33. The molecule has 1 atom stereocenters. The highest BCUT2D eigenvalue weighted by atomic mass is 35.5. The number of ether oxygens (including phenoxy) is 1. The van der Waals surface area contributed by atoms with Gasteiger partial charge in [-0.25, -0.2) is 6.57 Å². The van der Waals surface area contributed by atoms with Gasteiger partial charge in [0.15, 0.2) is 0 Å². The standard InChI is InChI=1S/C10H9Cl2NO/c1-6(13-2)8-4-7(11)5-9(12)10(8)14-3/h4-6H,1,3H3. The van der Waals surface area contributed by atoms with Crippen molar-refractivity contribution in [3.63, 3.8) is 0 Å². The van der Waals surface area contributed by atoms with Gasteiger partial charge in [0.2, 0.25) is 6.04 Å². The van der Waals surface area contributed by atoms with E-state index in [4.69, 9.17) is 34.5 Å². The van der Waals surface area contributed by atoms with E-state index in [-0.39, 0.29) is 6.04 Å². The molecule has 0 saturated heterocycles. The summed E-state index contributed by atoms with van der Waals surface area (Å²) in [4.78, 5) is 3.40. The average molecular weight is 230 g/mol. The molecule has 0 N–H and O–H groups in total. The lowest BCUT2D eigenvalue weighted by Gasteiger charge is -2.09. The molecule has 0 saturated carbocycles. The number of halogens is 2. The third-order valence-corrected chi connectivity index (χ3v) is 2.38. The minimum Gasteiger partial charge on any atom is -0.495 e. The fourth-order valence-corrected chi connectivity index (χ4v) is 1.76. The van der Waals surface area contributed by atoms with Crippen LogP contribution in [0.1, 0.15) is 18.5 Å². The van der Waals surface area contributed by atoms with Crippen molar-refractivity contribution < 1.29 is 4.74 Å².